The summed E-state index contributed by atoms with van der Waals surface area (Å²) in [5.41, 5.74) is 5.24. The minimum absolute atomic E-state index is 0.217. The van der Waals surface area contributed by atoms with Crippen molar-refractivity contribution in [2.75, 3.05) is 5.32 Å². The maximum absolute atomic E-state index is 11.6. The van der Waals surface area contributed by atoms with Crippen molar-refractivity contribution in [3.8, 4) is 0 Å². The first-order chi connectivity index (χ1) is 12.0. The molecule has 0 aliphatic carbocycles. The third-order valence-electron chi connectivity index (χ3n) is 4.31. The third kappa shape index (κ3) is 3.52. The van der Waals surface area contributed by atoms with Crippen LogP contribution in [-0.4, -0.2) is 10.5 Å². The second-order valence-corrected chi connectivity index (χ2v) is 6.30. The normalized spacial score (nSPS) is 11.2. The molecule has 3 rings (SSSR count). The summed E-state index contributed by atoms with van der Waals surface area (Å²) in [5, 5.41) is 4.63. The van der Waals surface area contributed by atoms with E-state index < -0.39 is 0 Å². The van der Waals surface area contributed by atoms with E-state index in [1.165, 1.54) is 6.08 Å². The minimum Gasteiger partial charge on any atom is -0.347 e. The molecule has 0 radical (unpaired) electrons. The van der Waals surface area contributed by atoms with E-state index in [1.807, 2.05) is 49.5 Å². The van der Waals surface area contributed by atoms with Crippen molar-refractivity contribution in [1.82, 2.24) is 4.57 Å². The van der Waals surface area contributed by atoms with Gasteiger partial charge in [0.1, 0.15) is 0 Å². The summed E-state index contributed by atoms with van der Waals surface area (Å²) in [6.07, 6.45) is 5.43. The number of halogens is 1. The van der Waals surface area contributed by atoms with Crippen molar-refractivity contribution in [2.45, 2.75) is 6.92 Å². The topological polar surface area (TPSA) is 34.0 Å². The summed E-state index contributed by atoms with van der Waals surface area (Å²) < 4.78 is 2.15. The van der Waals surface area contributed by atoms with Crippen LogP contribution in [0.5, 0.6) is 0 Å². The van der Waals surface area contributed by atoms with Gasteiger partial charge < -0.3 is 9.88 Å². The number of nitrogens with one attached hydrogen (secondary N) is 1. The van der Waals surface area contributed by atoms with Gasteiger partial charge in [0.25, 0.3) is 0 Å². The van der Waals surface area contributed by atoms with E-state index in [0.717, 1.165) is 38.4 Å². The van der Waals surface area contributed by atoms with E-state index in [4.69, 9.17) is 11.6 Å². The first-order valence-corrected chi connectivity index (χ1v) is 8.33. The Morgan fingerprint density at radius 3 is 2.56 bits per heavy atom. The van der Waals surface area contributed by atoms with E-state index in [0.29, 0.717) is 0 Å². The van der Waals surface area contributed by atoms with Gasteiger partial charge in [-0.15, -0.1) is 0 Å². The zero-order valence-electron chi connectivity index (χ0n) is 14.2. The molecular weight excluding hydrogens is 332 g/mol. The van der Waals surface area contributed by atoms with Crippen molar-refractivity contribution in [1.29, 1.82) is 0 Å². The molecule has 0 aliphatic rings. The highest BCUT2D eigenvalue weighted by molar-refractivity contribution is 6.30. The van der Waals surface area contributed by atoms with Crippen molar-refractivity contribution >= 4 is 46.3 Å². The lowest BCUT2D eigenvalue weighted by Crippen LogP contribution is -2.06. The molecule has 2 aromatic carbocycles. The highest BCUT2D eigenvalue weighted by atomic mass is 35.5. The van der Waals surface area contributed by atoms with Gasteiger partial charge in [0.05, 0.1) is 0 Å². The van der Waals surface area contributed by atoms with Gasteiger partial charge in [-0.25, -0.2) is 0 Å². The Balaban J connectivity index is 2.04. The standard InChI is InChI=1S/C21H19ClN2O/c1-4-21(25)23-17-10-12-20-19(13-17)18(14(2)24(20)3)11-7-15-5-8-16(22)9-6-15/h4-13H,1H2,2-3H3,(H,23,25). The summed E-state index contributed by atoms with van der Waals surface area (Å²) in [6, 6.07) is 13.6. The molecule has 0 bridgehead atoms. The molecule has 25 heavy (non-hydrogen) atoms. The zero-order valence-corrected chi connectivity index (χ0v) is 15.0. The summed E-state index contributed by atoms with van der Waals surface area (Å²) in [4.78, 5) is 11.6. The Bertz CT molecular complexity index is 981. The SMILES string of the molecule is C=CC(=O)Nc1ccc2c(c1)c(C=Cc1ccc(Cl)cc1)c(C)n2C. The summed E-state index contributed by atoms with van der Waals surface area (Å²) >= 11 is 5.94. The predicted molar refractivity (Wildman–Crippen MR) is 107 cm³/mol. The van der Waals surface area contributed by atoms with Crippen LogP contribution in [0.15, 0.2) is 55.1 Å². The van der Waals surface area contributed by atoms with E-state index in [2.05, 4.69) is 35.5 Å². The first kappa shape index (κ1) is 17.1. The number of hydrogen-bond donors (Lipinski definition) is 1. The Morgan fingerprint density at radius 2 is 1.88 bits per heavy atom. The van der Waals surface area contributed by atoms with Crippen molar-refractivity contribution in [2.24, 2.45) is 7.05 Å². The maximum atomic E-state index is 11.6. The van der Waals surface area contributed by atoms with Crippen molar-refractivity contribution in [3.63, 3.8) is 0 Å². The molecule has 0 unspecified atom stereocenters. The van der Waals surface area contributed by atoms with E-state index in [1.54, 1.807) is 0 Å². The summed E-state index contributed by atoms with van der Waals surface area (Å²) in [7, 11) is 2.04. The van der Waals surface area contributed by atoms with Gasteiger partial charge in [0, 0.05) is 39.9 Å². The molecule has 1 heterocycles. The minimum atomic E-state index is -0.217. The zero-order chi connectivity index (χ0) is 18.0. The number of carbonyl (C=O) groups is 1. The molecular formula is C21H19ClN2O. The molecule has 3 nitrogen and oxygen atoms in total. The lowest BCUT2D eigenvalue weighted by molar-refractivity contribution is -0.111. The molecule has 1 N–H and O–H groups in total. The molecule has 0 saturated heterocycles. The van der Waals surface area contributed by atoms with Crippen LogP contribution in [0.4, 0.5) is 5.69 Å². The fourth-order valence-corrected chi connectivity index (χ4v) is 2.96. The van der Waals surface area contributed by atoms with Gasteiger partial charge in [-0.2, -0.15) is 0 Å². The van der Waals surface area contributed by atoms with Crippen molar-refractivity contribution in [3.05, 3.63) is 77.0 Å². The number of benzene rings is 2. The highest BCUT2D eigenvalue weighted by Crippen LogP contribution is 2.29. The van der Waals surface area contributed by atoms with Crippen LogP contribution in [0.1, 0.15) is 16.8 Å². The Labute approximate surface area is 152 Å². The molecule has 0 atom stereocenters. The molecule has 0 fully saturated rings. The second kappa shape index (κ2) is 6.99. The number of hydrogen-bond acceptors (Lipinski definition) is 1. The van der Waals surface area contributed by atoms with Crippen LogP contribution in [0.2, 0.25) is 5.02 Å². The largest absolute Gasteiger partial charge is 0.347 e. The van der Waals surface area contributed by atoms with Crippen LogP contribution in [-0.2, 0) is 11.8 Å². The second-order valence-electron chi connectivity index (χ2n) is 5.87. The number of aromatic nitrogens is 1. The number of amides is 1. The van der Waals surface area contributed by atoms with Crippen LogP contribution in [0, 0.1) is 6.92 Å². The number of rotatable bonds is 4. The van der Waals surface area contributed by atoms with E-state index >= 15 is 0 Å². The molecule has 0 aliphatic heterocycles. The Kier molecular flexibility index (Phi) is 4.77. The van der Waals surface area contributed by atoms with Gasteiger partial charge in [-0.05, 0) is 48.9 Å². The first-order valence-electron chi connectivity index (χ1n) is 7.95. The predicted octanol–water partition coefficient (Wildman–Crippen LogP) is 5.44. The summed E-state index contributed by atoms with van der Waals surface area (Å²) in [6.45, 7) is 5.57. The fraction of sp³-hybridized carbons (Fsp3) is 0.0952. The molecule has 0 saturated carbocycles. The third-order valence-corrected chi connectivity index (χ3v) is 4.56. The number of fused-ring (bicyclic) bond motifs is 1. The maximum Gasteiger partial charge on any atom is 0.247 e. The summed E-state index contributed by atoms with van der Waals surface area (Å²) in [5.74, 6) is -0.217. The number of aryl methyl sites for hydroxylation is 1. The molecule has 0 spiro atoms. The Morgan fingerprint density at radius 1 is 1.16 bits per heavy atom. The Hall–Kier alpha value is -2.78. The van der Waals surface area contributed by atoms with Crippen LogP contribution in [0.25, 0.3) is 23.1 Å². The number of carbonyl (C=O) groups excluding carboxylic acids is 1. The molecule has 3 aromatic rings. The van der Waals surface area contributed by atoms with Crippen LogP contribution < -0.4 is 5.32 Å². The van der Waals surface area contributed by atoms with Gasteiger partial charge in [0.2, 0.25) is 5.91 Å². The van der Waals surface area contributed by atoms with Crippen molar-refractivity contribution < 1.29 is 4.79 Å². The lowest BCUT2D eigenvalue weighted by atomic mass is 10.1. The average Bonchev–Trinajstić information content (AvgIpc) is 2.85. The van der Waals surface area contributed by atoms with E-state index in [9.17, 15) is 4.79 Å². The highest BCUT2D eigenvalue weighted by Gasteiger charge is 2.11. The molecule has 1 amide bonds. The quantitative estimate of drug-likeness (QED) is 0.625. The van der Waals surface area contributed by atoms with Gasteiger partial charge >= 0.3 is 0 Å². The molecule has 1 aromatic heterocycles. The molecule has 4 heteroatoms. The molecule has 126 valence electrons. The van der Waals surface area contributed by atoms with Crippen LogP contribution in [0.3, 0.4) is 0 Å². The van der Waals surface area contributed by atoms with Gasteiger partial charge in [-0.3, -0.25) is 4.79 Å². The van der Waals surface area contributed by atoms with E-state index in [-0.39, 0.29) is 5.91 Å². The smallest absolute Gasteiger partial charge is 0.247 e. The lowest BCUT2D eigenvalue weighted by Gasteiger charge is -2.03. The fourth-order valence-electron chi connectivity index (χ4n) is 2.84. The monoisotopic (exact) mass is 350 g/mol. The van der Waals surface area contributed by atoms with Gasteiger partial charge in [-0.1, -0.05) is 42.5 Å². The number of nitrogens with zero attached hydrogens (tertiary/aromatic N) is 1. The number of anilines is 1. The van der Waals surface area contributed by atoms with Crippen LogP contribution >= 0.6 is 11.6 Å². The average molecular weight is 351 g/mol. The van der Waals surface area contributed by atoms with Gasteiger partial charge in [0.15, 0.2) is 0 Å².